The first-order chi connectivity index (χ1) is 8.22. The summed E-state index contributed by atoms with van der Waals surface area (Å²) in [7, 11) is 1.66. The molecular formula is C15H14OS. The highest BCUT2D eigenvalue weighted by Crippen LogP contribution is 2.18. The number of methoxy groups -OCH3 is 1. The van der Waals surface area contributed by atoms with Crippen LogP contribution in [0.3, 0.4) is 0 Å². The molecule has 0 saturated heterocycles. The monoisotopic (exact) mass is 242 g/mol. The average Bonchev–Trinajstić information content (AvgIpc) is 2.39. The van der Waals surface area contributed by atoms with E-state index in [1.165, 1.54) is 5.56 Å². The molecule has 2 aromatic carbocycles. The molecule has 0 aliphatic rings. The van der Waals surface area contributed by atoms with Gasteiger partial charge in [0, 0.05) is 0 Å². The van der Waals surface area contributed by atoms with Crippen molar-refractivity contribution >= 4 is 17.1 Å². The van der Waals surface area contributed by atoms with Gasteiger partial charge in [0.15, 0.2) is 0 Å². The van der Waals surface area contributed by atoms with Gasteiger partial charge in [-0.3, -0.25) is 0 Å². The molecule has 0 radical (unpaired) electrons. The Labute approximate surface area is 107 Å². The van der Waals surface area contributed by atoms with Gasteiger partial charge < -0.3 is 4.74 Å². The SMILES string of the molecule is COc1ccc(C(=S)c2ccccc2C)cc1. The minimum Gasteiger partial charge on any atom is -0.497 e. The van der Waals surface area contributed by atoms with Crippen LogP contribution >= 0.6 is 12.2 Å². The van der Waals surface area contributed by atoms with Crippen LogP contribution < -0.4 is 4.74 Å². The van der Waals surface area contributed by atoms with E-state index in [0.29, 0.717) is 0 Å². The maximum absolute atomic E-state index is 5.51. The Bertz CT molecular complexity index is 529. The van der Waals surface area contributed by atoms with E-state index in [-0.39, 0.29) is 0 Å². The molecule has 0 unspecified atom stereocenters. The predicted octanol–water partition coefficient (Wildman–Crippen LogP) is 3.77. The van der Waals surface area contributed by atoms with Crippen LogP contribution in [-0.4, -0.2) is 12.0 Å². The van der Waals surface area contributed by atoms with Gasteiger partial charge in [-0.2, -0.15) is 0 Å². The first-order valence-corrected chi connectivity index (χ1v) is 5.87. The molecule has 0 bridgehead atoms. The topological polar surface area (TPSA) is 9.23 Å². The maximum atomic E-state index is 5.51. The van der Waals surface area contributed by atoms with Crippen LogP contribution in [0.1, 0.15) is 16.7 Å². The molecule has 2 aromatic rings. The van der Waals surface area contributed by atoms with Gasteiger partial charge in [0.05, 0.1) is 12.0 Å². The fourth-order valence-electron chi connectivity index (χ4n) is 1.73. The van der Waals surface area contributed by atoms with Crippen LogP contribution in [0.5, 0.6) is 5.75 Å². The van der Waals surface area contributed by atoms with Gasteiger partial charge >= 0.3 is 0 Å². The van der Waals surface area contributed by atoms with Crippen molar-refractivity contribution in [3.63, 3.8) is 0 Å². The lowest BCUT2D eigenvalue weighted by Gasteiger charge is -2.08. The third kappa shape index (κ3) is 2.53. The van der Waals surface area contributed by atoms with Crippen molar-refractivity contribution in [3.8, 4) is 5.75 Å². The van der Waals surface area contributed by atoms with Gasteiger partial charge in [-0.05, 0) is 47.9 Å². The fourth-order valence-corrected chi connectivity index (χ4v) is 2.09. The summed E-state index contributed by atoms with van der Waals surface area (Å²) in [4.78, 5) is 0.880. The fraction of sp³-hybridized carbons (Fsp3) is 0.133. The van der Waals surface area contributed by atoms with Gasteiger partial charge in [0.1, 0.15) is 5.75 Å². The van der Waals surface area contributed by atoms with E-state index >= 15 is 0 Å². The lowest BCUT2D eigenvalue weighted by atomic mass is 10.0. The minimum atomic E-state index is 0.848. The van der Waals surface area contributed by atoms with Crippen LogP contribution in [0.25, 0.3) is 0 Å². The molecule has 0 aliphatic heterocycles. The van der Waals surface area contributed by atoms with E-state index in [9.17, 15) is 0 Å². The molecule has 0 amide bonds. The van der Waals surface area contributed by atoms with E-state index in [1.54, 1.807) is 7.11 Å². The number of thiocarbonyl (C=S) groups is 1. The Morgan fingerprint density at radius 2 is 1.65 bits per heavy atom. The van der Waals surface area contributed by atoms with Gasteiger partial charge in [0.25, 0.3) is 0 Å². The molecule has 86 valence electrons. The molecule has 0 aromatic heterocycles. The third-order valence-corrected chi connectivity index (χ3v) is 3.20. The minimum absolute atomic E-state index is 0.848. The molecule has 0 saturated carbocycles. The Morgan fingerprint density at radius 1 is 1.00 bits per heavy atom. The van der Waals surface area contributed by atoms with Gasteiger partial charge in [-0.15, -0.1) is 0 Å². The molecule has 17 heavy (non-hydrogen) atoms. The number of rotatable bonds is 3. The number of hydrogen-bond acceptors (Lipinski definition) is 2. The van der Waals surface area contributed by atoms with E-state index in [1.807, 2.05) is 36.4 Å². The molecular weight excluding hydrogens is 228 g/mol. The van der Waals surface area contributed by atoms with Crippen molar-refractivity contribution in [3.05, 3.63) is 65.2 Å². The zero-order valence-corrected chi connectivity index (χ0v) is 10.8. The Hall–Kier alpha value is -1.67. The summed E-state index contributed by atoms with van der Waals surface area (Å²) >= 11 is 5.51. The van der Waals surface area contributed by atoms with Crippen molar-refractivity contribution < 1.29 is 4.74 Å². The highest BCUT2D eigenvalue weighted by Gasteiger charge is 2.06. The van der Waals surface area contributed by atoms with Crippen LogP contribution in [0.15, 0.2) is 48.5 Å². The lowest BCUT2D eigenvalue weighted by Crippen LogP contribution is -2.01. The van der Waals surface area contributed by atoms with Crippen molar-refractivity contribution in [2.45, 2.75) is 6.92 Å². The first kappa shape index (κ1) is 11.8. The van der Waals surface area contributed by atoms with E-state index < -0.39 is 0 Å². The van der Waals surface area contributed by atoms with Crippen LogP contribution in [0.2, 0.25) is 0 Å². The summed E-state index contributed by atoms with van der Waals surface area (Å²) in [6, 6.07) is 16.0. The zero-order chi connectivity index (χ0) is 12.3. The summed E-state index contributed by atoms with van der Waals surface area (Å²) in [6.45, 7) is 2.07. The van der Waals surface area contributed by atoms with Crippen LogP contribution in [-0.2, 0) is 0 Å². The largest absolute Gasteiger partial charge is 0.497 e. The van der Waals surface area contributed by atoms with Crippen molar-refractivity contribution in [2.75, 3.05) is 7.11 Å². The molecule has 0 fully saturated rings. The van der Waals surface area contributed by atoms with Crippen molar-refractivity contribution in [2.24, 2.45) is 0 Å². The lowest BCUT2D eigenvalue weighted by molar-refractivity contribution is 0.415. The molecule has 0 spiro atoms. The normalized spacial score (nSPS) is 10.0. The standard InChI is InChI=1S/C15H14OS/c1-11-5-3-4-6-14(11)15(17)12-7-9-13(16-2)10-8-12/h3-10H,1-2H3. The van der Waals surface area contributed by atoms with Crippen molar-refractivity contribution in [1.29, 1.82) is 0 Å². The molecule has 2 heteroatoms. The van der Waals surface area contributed by atoms with Crippen LogP contribution in [0, 0.1) is 6.92 Å². The highest BCUT2D eigenvalue weighted by molar-refractivity contribution is 7.81. The predicted molar refractivity (Wildman–Crippen MR) is 75.0 cm³/mol. The second kappa shape index (κ2) is 5.11. The smallest absolute Gasteiger partial charge is 0.118 e. The second-order valence-corrected chi connectivity index (χ2v) is 4.28. The van der Waals surface area contributed by atoms with Gasteiger partial charge in [-0.1, -0.05) is 36.5 Å². The molecule has 0 aliphatic carbocycles. The van der Waals surface area contributed by atoms with Gasteiger partial charge in [0.2, 0.25) is 0 Å². The molecule has 0 atom stereocenters. The van der Waals surface area contributed by atoms with Crippen molar-refractivity contribution in [1.82, 2.24) is 0 Å². The number of aryl methyl sites for hydroxylation is 1. The average molecular weight is 242 g/mol. The number of hydrogen-bond donors (Lipinski definition) is 0. The Balaban J connectivity index is 2.34. The number of ether oxygens (including phenoxy) is 1. The Kier molecular flexibility index (Phi) is 3.55. The highest BCUT2D eigenvalue weighted by atomic mass is 32.1. The summed E-state index contributed by atoms with van der Waals surface area (Å²) in [5.74, 6) is 0.848. The third-order valence-electron chi connectivity index (χ3n) is 2.74. The first-order valence-electron chi connectivity index (χ1n) is 5.47. The van der Waals surface area contributed by atoms with Crippen LogP contribution in [0.4, 0.5) is 0 Å². The molecule has 0 heterocycles. The summed E-state index contributed by atoms with van der Waals surface area (Å²) in [5, 5.41) is 0. The molecule has 2 rings (SSSR count). The molecule has 1 nitrogen and oxygen atoms in total. The maximum Gasteiger partial charge on any atom is 0.118 e. The molecule has 0 N–H and O–H groups in total. The van der Waals surface area contributed by atoms with E-state index in [4.69, 9.17) is 17.0 Å². The van der Waals surface area contributed by atoms with E-state index in [2.05, 4.69) is 19.1 Å². The Morgan fingerprint density at radius 3 is 2.24 bits per heavy atom. The summed E-state index contributed by atoms with van der Waals surface area (Å²) < 4.78 is 5.14. The second-order valence-electron chi connectivity index (χ2n) is 3.87. The van der Waals surface area contributed by atoms with Gasteiger partial charge in [-0.25, -0.2) is 0 Å². The summed E-state index contributed by atoms with van der Waals surface area (Å²) in [6.07, 6.45) is 0. The zero-order valence-electron chi connectivity index (χ0n) is 9.94. The quantitative estimate of drug-likeness (QED) is 0.598. The van der Waals surface area contributed by atoms with E-state index in [0.717, 1.165) is 21.7 Å². The summed E-state index contributed by atoms with van der Waals surface area (Å²) in [5.41, 5.74) is 3.37. The number of benzene rings is 2.